The van der Waals surface area contributed by atoms with Gasteiger partial charge in [-0.05, 0) is 30.0 Å². The van der Waals surface area contributed by atoms with E-state index in [0.29, 0.717) is 6.54 Å². The molecular formula is C13H17ClN2O2S. The molecule has 6 heteroatoms. The quantitative estimate of drug-likeness (QED) is 0.929. The van der Waals surface area contributed by atoms with Gasteiger partial charge in [-0.25, -0.2) is 13.1 Å². The highest BCUT2D eigenvalue weighted by molar-refractivity contribution is 7.89. The summed E-state index contributed by atoms with van der Waals surface area (Å²) in [6.45, 7) is 6.49. The molecule has 1 aromatic rings. The third kappa shape index (κ3) is 4.83. The van der Waals surface area contributed by atoms with Crippen molar-refractivity contribution in [3.8, 4) is 6.07 Å². The van der Waals surface area contributed by atoms with Crippen LogP contribution in [0.3, 0.4) is 0 Å². The van der Waals surface area contributed by atoms with Gasteiger partial charge in [-0.2, -0.15) is 5.26 Å². The van der Waals surface area contributed by atoms with Gasteiger partial charge in [0.2, 0.25) is 10.0 Å². The van der Waals surface area contributed by atoms with Gasteiger partial charge in [-0.3, -0.25) is 0 Å². The van der Waals surface area contributed by atoms with Crippen LogP contribution in [0.25, 0.3) is 0 Å². The molecule has 0 heterocycles. The summed E-state index contributed by atoms with van der Waals surface area (Å²) in [6, 6.07) is 5.96. The van der Waals surface area contributed by atoms with Crippen molar-refractivity contribution in [1.29, 1.82) is 5.26 Å². The predicted octanol–water partition coefficient (Wildman–Crippen LogP) is 2.93. The van der Waals surface area contributed by atoms with E-state index >= 15 is 0 Å². The van der Waals surface area contributed by atoms with E-state index < -0.39 is 10.0 Å². The fourth-order valence-electron chi connectivity index (χ4n) is 1.40. The van der Waals surface area contributed by atoms with Gasteiger partial charge in [-0.15, -0.1) is 0 Å². The van der Waals surface area contributed by atoms with Gasteiger partial charge in [-0.1, -0.05) is 32.4 Å². The maximum absolute atomic E-state index is 12.0. The van der Waals surface area contributed by atoms with Crippen molar-refractivity contribution < 1.29 is 8.42 Å². The van der Waals surface area contributed by atoms with Gasteiger partial charge < -0.3 is 0 Å². The zero-order valence-electron chi connectivity index (χ0n) is 11.2. The first-order chi connectivity index (χ1) is 8.65. The van der Waals surface area contributed by atoms with Gasteiger partial charge in [0.15, 0.2) is 0 Å². The van der Waals surface area contributed by atoms with Gasteiger partial charge in [0.1, 0.15) is 6.07 Å². The molecule has 1 N–H and O–H groups in total. The zero-order chi connectivity index (χ0) is 14.7. The van der Waals surface area contributed by atoms with Crippen molar-refractivity contribution in [3.63, 3.8) is 0 Å². The molecule has 0 fully saturated rings. The zero-order valence-corrected chi connectivity index (χ0v) is 12.8. The van der Waals surface area contributed by atoms with Crippen LogP contribution in [0.5, 0.6) is 0 Å². The number of nitriles is 1. The van der Waals surface area contributed by atoms with Crippen molar-refractivity contribution in [2.45, 2.75) is 32.1 Å². The minimum atomic E-state index is -3.57. The summed E-state index contributed by atoms with van der Waals surface area (Å²) >= 11 is 5.83. The Morgan fingerprint density at radius 2 is 2.00 bits per heavy atom. The smallest absolute Gasteiger partial charge is 0.211 e. The third-order valence-electron chi connectivity index (χ3n) is 2.54. The lowest BCUT2D eigenvalue weighted by atomic mass is 9.93. The molecule has 0 saturated carbocycles. The van der Waals surface area contributed by atoms with Crippen LogP contribution in [-0.4, -0.2) is 15.0 Å². The summed E-state index contributed by atoms with van der Waals surface area (Å²) in [5.74, 6) is 0. The molecule has 19 heavy (non-hydrogen) atoms. The van der Waals surface area contributed by atoms with E-state index in [1.54, 1.807) is 0 Å². The number of benzene rings is 1. The van der Waals surface area contributed by atoms with E-state index in [-0.39, 0.29) is 20.9 Å². The number of sulfonamides is 1. The minimum Gasteiger partial charge on any atom is -0.211 e. The second-order valence-corrected chi connectivity index (χ2v) is 7.64. The Balaban J connectivity index is 2.84. The molecule has 0 unspecified atom stereocenters. The van der Waals surface area contributed by atoms with Crippen LogP contribution in [0, 0.1) is 16.7 Å². The first kappa shape index (κ1) is 16.0. The lowest BCUT2D eigenvalue weighted by Crippen LogP contribution is -2.27. The molecule has 0 aliphatic carbocycles. The molecule has 0 amide bonds. The van der Waals surface area contributed by atoms with Crippen LogP contribution < -0.4 is 4.72 Å². The lowest BCUT2D eigenvalue weighted by molar-refractivity contribution is 0.378. The summed E-state index contributed by atoms with van der Waals surface area (Å²) in [5, 5.41) is 8.88. The van der Waals surface area contributed by atoms with Crippen LogP contribution >= 0.6 is 11.6 Å². The number of halogens is 1. The van der Waals surface area contributed by atoms with Crippen molar-refractivity contribution >= 4 is 21.6 Å². The summed E-state index contributed by atoms with van der Waals surface area (Å²) in [6.07, 6.45) is 0.732. The fraction of sp³-hybridized carbons (Fsp3) is 0.462. The van der Waals surface area contributed by atoms with Crippen LogP contribution in [0.4, 0.5) is 0 Å². The molecule has 0 spiro atoms. The molecule has 104 valence electrons. The third-order valence-corrected chi connectivity index (χ3v) is 4.31. The van der Waals surface area contributed by atoms with Crippen molar-refractivity contribution in [2.24, 2.45) is 5.41 Å². The van der Waals surface area contributed by atoms with Crippen molar-refractivity contribution in [1.82, 2.24) is 4.72 Å². The normalized spacial score (nSPS) is 12.2. The molecule has 0 atom stereocenters. The van der Waals surface area contributed by atoms with Gasteiger partial charge >= 0.3 is 0 Å². The highest BCUT2D eigenvalue weighted by Gasteiger charge is 2.17. The monoisotopic (exact) mass is 300 g/mol. The summed E-state index contributed by atoms with van der Waals surface area (Å²) in [4.78, 5) is 0.0745. The molecule has 1 aromatic carbocycles. The maximum Gasteiger partial charge on any atom is 0.240 e. The van der Waals surface area contributed by atoms with E-state index in [2.05, 4.69) is 4.72 Å². The van der Waals surface area contributed by atoms with Gasteiger partial charge in [0.25, 0.3) is 0 Å². The van der Waals surface area contributed by atoms with Crippen LogP contribution in [0.1, 0.15) is 32.8 Å². The SMILES string of the molecule is CC(C)(C)CCNS(=O)(=O)c1ccc(C#N)c(Cl)c1. The van der Waals surface area contributed by atoms with E-state index in [4.69, 9.17) is 16.9 Å². The Labute approximate surface area is 119 Å². The summed E-state index contributed by atoms with van der Waals surface area (Å²) in [7, 11) is -3.57. The predicted molar refractivity (Wildman–Crippen MR) is 75.4 cm³/mol. The Bertz CT molecular complexity index is 598. The van der Waals surface area contributed by atoms with Gasteiger partial charge in [0.05, 0.1) is 15.5 Å². The molecule has 0 aromatic heterocycles. The maximum atomic E-state index is 12.0. The van der Waals surface area contributed by atoms with E-state index in [1.165, 1.54) is 18.2 Å². The Morgan fingerprint density at radius 3 is 2.47 bits per heavy atom. The standard InChI is InChI=1S/C13H17ClN2O2S/c1-13(2,3)6-7-16-19(17,18)11-5-4-10(9-15)12(14)8-11/h4-5,8,16H,6-7H2,1-3H3. The average molecular weight is 301 g/mol. The van der Waals surface area contributed by atoms with Crippen LogP contribution in [0.15, 0.2) is 23.1 Å². The molecule has 0 saturated heterocycles. The van der Waals surface area contributed by atoms with Crippen LogP contribution in [-0.2, 0) is 10.0 Å². The molecule has 1 rings (SSSR count). The van der Waals surface area contributed by atoms with Gasteiger partial charge in [0, 0.05) is 6.54 Å². The van der Waals surface area contributed by atoms with E-state index in [0.717, 1.165) is 6.42 Å². The molecule has 4 nitrogen and oxygen atoms in total. The number of rotatable bonds is 4. The minimum absolute atomic E-state index is 0.0603. The van der Waals surface area contributed by atoms with E-state index in [1.807, 2.05) is 26.8 Å². The highest BCUT2D eigenvalue weighted by atomic mass is 35.5. The van der Waals surface area contributed by atoms with E-state index in [9.17, 15) is 8.42 Å². The molecule has 0 radical (unpaired) electrons. The summed E-state index contributed by atoms with van der Waals surface area (Å²) in [5.41, 5.74) is 0.320. The Morgan fingerprint density at radius 1 is 1.37 bits per heavy atom. The first-order valence-electron chi connectivity index (χ1n) is 5.85. The molecular weight excluding hydrogens is 284 g/mol. The van der Waals surface area contributed by atoms with Crippen LogP contribution in [0.2, 0.25) is 5.02 Å². The number of hydrogen-bond donors (Lipinski definition) is 1. The fourth-order valence-corrected chi connectivity index (χ4v) is 2.74. The number of hydrogen-bond acceptors (Lipinski definition) is 3. The first-order valence-corrected chi connectivity index (χ1v) is 7.71. The summed E-state index contributed by atoms with van der Waals surface area (Å²) < 4.78 is 26.6. The Hall–Kier alpha value is -1.09. The molecule has 0 aliphatic rings. The van der Waals surface area contributed by atoms with Crippen molar-refractivity contribution in [2.75, 3.05) is 6.54 Å². The largest absolute Gasteiger partial charge is 0.240 e. The molecule has 0 bridgehead atoms. The lowest BCUT2D eigenvalue weighted by Gasteiger charge is -2.18. The number of nitrogens with zero attached hydrogens (tertiary/aromatic N) is 1. The second-order valence-electron chi connectivity index (χ2n) is 5.46. The topological polar surface area (TPSA) is 70.0 Å². The number of nitrogens with one attached hydrogen (secondary N) is 1. The average Bonchev–Trinajstić information content (AvgIpc) is 2.26. The van der Waals surface area contributed by atoms with Crippen molar-refractivity contribution in [3.05, 3.63) is 28.8 Å². The Kier molecular flexibility index (Phi) is 4.97. The highest BCUT2D eigenvalue weighted by Crippen LogP contribution is 2.21. The second kappa shape index (κ2) is 5.91. The molecule has 0 aliphatic heterocycles.